The van der Waals surface area contributed by atoms with Gasteiger partial charge in [-0.3, -0.25) is 4.98 Å². The highest BCUT2D eigenvalue weighted by Gasteiger charge is 2.51. The number of pyridine rings is 1. The quantitative estimate of drug-likeness (QED) is 0.161. The molecule has 0 aliphatic heterocycles. The fourth-order valence-electron chi connectivity index (χ4n) is 9.59. The summed E-state index contributed by atoms with van der Waals surface area (Å²) in [5, 5.41) is 0. The molecule has 6 aromatic carbocycles. The lowest BCUT2D eigenvalue weighted by Gasteiger charge is -2.30. The van der Waals surface area contributed by atoms with Crippen molar-refractivity contribution < 1.29 is 0 Å². The first-order valence-corrected chi connectivity index (χ1v) is 21.9. The molecule has 0 fully saturated rings. The molecule has 61 heavy (non-hydrogen) atoms. The maximum Gasteiger partial charge on any atom is 0.165 e. The summed E-state index contributed by atoms with van der Waals surface area (Å²) in [5.41, 5.74) is 19.1. The maximum absolute atomic E-state index is 5.11. The molecular weight excluding hydrogens is 741 g/mol. The zero-order chi connectivity index (χ0) is 42.1. The first-order chi connectivity index (χ1) is 29.4. The van der Waals surface area contributed by atoms with Crippen LogP contribution in [0, 0.1) is 0 Å². The van der Waals surface area contributed by atoms with Crippen LogP contribution < -0.4 is 0 Å². The summed E-state index contributed by atoms with van der Waals surface area (Å²) in [6, 6.07) is 53.7. The third-order valence-electron chi connectivity index (χ3n) is 12.9. The van der Waals surface area contributed by atoms with E-state index < -0.39 is 0 Å². The second kappa shape index (κ2) is 14.6. The molecule has 2 aliphatic rings. The van der Waals surface area contributed by atoms with E-state index in [0.717, 1.165) is 34.4 Å². The van der Waals surface area contributed by atoms with Crippen LogP contribution in [0.4, 0.5) is 0 Å². The SMILES string of the molecule is CCCCc1ccc2c(c1)-c1cc(-c3ccc(-c4nc(-c5ccc(C(C)(C)C)cc5)nc(-c5ccc(C(C)(C)C)cc5)n4)cn3)ccc1C21c2ccccc2-c2ccccc21. The Morgan fingerprint density at radius 3 is 1.41 bits per heavy atom. The minimum absolute atomic E-state index is 0.0464. The van der Waals surface area contributed by atoms with Gasteiger partial charge in [0.15, 0.2) is 17.5 Å². The minimum atomic E-state index is -0.370. The van der Waals surface area contributed by atoms with E-state index in [0.29, 0.717) is 17.5 Å². The third-order valence-corrected chi connectivity index (χ3v) is 12.9. The van der Waals surface area contributed by atoms with Gasteiger partial charge in [-0.05, 0) is 103 Å². The number of hydrogen-bond acceptors (Lipinski definition) is 4. The molecule has 0 radical (unpaired) electrons. The molecule has 0 N–H and O–H groups in total. The van der Waals surface area contributed by atoms with Gasteiger partial charge in [0.1, 0.15) is 0 Å². The minimum Gasteiger partial charge on any atom is -0.255 e. The molecule has 2 aromatic heterocycles. The Balaban J connectivity index is 1.07. The number of rotatable bonds is 7. The van der Waals surface area contributed by atoms with Crippen molar-refractivity contribution in [1.82, 2.24) is 19.9 Å². The van der Waals surface area contributed by atoms with Crippen LogP contribution in [0.5, 0.6) is 0 Å². The topological polar surface area (TPSA) is 51.6 Å². The Morgan fingerprint density at radius 1 is 0.443 bits per heavy atom. The highest BCUT2D eigenvalue weighted by atomic mass is 15.0. The van der Waals surface area contributed by atoms with E-state index >= 15 is 0 Å². The van der Waals surface area contributed by atoms with Gasteiger partial charge in [0.25, 0.3) is 0 Å². The number of hydrogen-bond donors (Lipinski definition) is 0. The maximum atomic E-state index is 5.11. The van der Waals surface area contributed by atoms with E-state index in [1.807, 2.05) is 6.20 Å². The Bertz CT molecular complexity index is 2820. The molecule has 0 bridgehead atoms. The van der Waals surface area contributed by atoms with Crippen molar-refractivity contribution in [2.45, 2.75) is 84.0 Å². The van der Waals surface area contributed by atoms with Gasteiger partial charge in [-0.1, -0.05) is 182 Å². The molecule has 10 rings (SSSR count). The lowest BCUT2D eigenvalue weighted by Crippen LogP contribution is -2.25. The van der Waals surface area contributed by atoms with Crippen molar-refractivity contribution in [2.24, 2.45) is 0 Å². The van der Waals surface area contributed by atoms with Gasteiger partial charge < -0.3 is 0 Å². The zero-order valence-corrected chi connectivity index (χ0v) is 36.3. The van der Waals surface area contributed by atoms with Crippen molar-refractivity contribution in [3.05, 3.63) is 191 Å². The fraction of sp³-hybridized carbons (Fsp3) is 0.228. The normalized spacial score (nSPS) is 13.5. The van der Waals surface area contributed by atoms with Crippen LogP contribution in [0.15, 0.2) is 152 Å². The standard InChI is InChI=1S/C57H52N4/c1-8-9-14-36-19-30-49-45(33-36)46-34-39(24-31-50(46)57(49)47-17-12-10-15-43(47)44-16-11-13-18-48(44)57)51-32-25-40(35-58-51)54-60-52(37-20-26-41(27-21-37)55(2,3)4)59-53(61-54)38-22-28-42(29-23-38)56(5,6)7/h10-13,15-35H,8-9,14H2,1-7H3. The van der Waals surface area contributed by atoms with Gasteiger partial charge in [-0.25, -0.2) is 15.0 Å². The van der Waals surface area contributed by atoms with Gasteiger partial charge in [0.2, 0.25) is 0 Å². The molecule has 1 spiro atoms. The first-order valence-electron chi connectivity index (χ1n) is 21.9. The lowest BCUT2D eigenvalue weighted by molar-refractivity contribution is 0.590. The second-order valence-electron chi connectivity index (χ2n) is 19.0. The number of benzene rings is 6. The predicted molar refractivity (Wildman–Crippen MR) is 252 cm³/mol. The van der Waals surface area contributed by atoms with E-state index in [9.17, 15) is 0 Å². The summed E-state index contributed by atoms with van der Waals surface area (Å²) in [5.74, 6) is 1.88. The molecule has 0 amide bonds. The number of aryl methyl sites for hydroxylation is 1. The molecule has 300 valence electrons. The van der Waals surface area contributed by atoms with Gasteiger partial charge in [-0.2, -0.15) is 0 Å². The molecule has 0 saturated carbocycles. The van der Waals surface area contributed by atoms with Crippen molar-refractivity contribution in [3.63, 3.8) is 0 Å². The molecular formula is C57H52N4. The average molecular weight is 793 g/mol. The van der Waals surface area contributed by atoms with Crippen LogP contribution >= 0.6 is 0 Å². The molecule has 0 saturated heterocycles. The fourth-order valence-corrected chi connectivity index (χ4v) is 9.59. The first kappa shape index (κ1) is 38.7. The van der Waals surface area contributed by atoms with Gasteiger partial charge >= 0.3 is 0 Å². The second-order valence-corrected chi connectivity index (χ2v) is 19.0. The number of fused-ring (bicyclic) bond motifs is 10. The largest absolute Gasteiger partial charge is 0.255 e. The van der Waals surface area contributed by atoms with Crippen LogP contribution in [-0.4, -0.2) is 19.9 Å². The van der Waals surface area contributed by atoms with Crippen LogP contribution in [-0.2, 0) is 22.7 Å². The van der Waals surface area contributed by atoms with Crippen molar-refractivity contribution in [2.75, 3.05) is 0 Å². The van der Waals surface area contributed by atoms with Crippen LogP contribution in [0.3, 0.4) is 0 Å². The molecule has 2 heterocycles. The molecule has 0 unspecified atom stereocenters. The zero-order valence-electron chi connectivity index (χ0n) is 36.3. The molecule has 8 aromatic rings. The summed E-state index contributed by atoms with van der Waals surface area (Å²) in [6.45, 7) is 15.7. The molecule has 4 heteroatoms. The Hall–Kier alpha value is -6.52. The summed E-state index contributed by atoms with van der Waals surface area (Å²) in [6.07, 6.45) is 5.34. The van der Waals surface area contributed by atoms with E-state index in [1.54, 1.807) is 0 Å². The van der Waals surface area contributed by atoms with E-state index in [2.05, 4.69) is 194 Å². The number of unbranched alkanes of at least 4 members (excludes halogenated alkanes) is 1. The average Bonchev–Trinajstić information content (AvgIpc) is 3.74. The molecule has 4 nitrogen and oxygen atoms in total. The Labute approximate surface area is 360 Å². The van der Waals surface area contributed by atoms with E-state index in [1.165, 1.54) is 74.0 Å². The van der Waals surface area contributed by atoms with Crippen molar-refractivity contribution >= 4 is 0 Å². The molecule has 2 aliphatic carbocycles. The van der Waals surface area contributed by atoms with Crippen molar-refractivity contribution in [3.8, 4) is 67.7 Å². The van der Waals surface area contributed by atoms with Gasteiger partial charge in [-0.15, -0.1) is 0 Å². The van der Waals surface area contributed by atoms with E-state index in [-0.39, 0.29) is 16.2 Å². The van der Waals surface area contributed by atoms with Crippen LogP contribution in [0.2, 0.25) is 0 Å². The monoisotopic (exact) mass is 792 g/mol. The number of nitrogens with zero attached hydrogens (tertiary/aromatic N) is 4. The summed E-state index contributed by atoms with van der Waals surface area (Å²) < 4.78 is 0. The van der Waals surface area contributed by atoms with Crippen molar-refractivity contribution in [1.29, 1.82) is 0 Å². The highest BCUT2D eigenvalue weighted by Crippen LogP contribution is 2.63. The molecule has 0 atom stereocenters. The Morgan fingerprint density at radius 2 is 0.902 bits per heavy atom. The van der Waals surface area contributed by atoms with E-state index in [4.69, 9.17) is 19.9 Å². The summed E-state index contributed by atoms with van der Waals surface area (Å²) in [4.78, 5) is 20.3. The third kappa shape index (κ3) is 6.52. The smallest absolute Gasteiger partial charge is 0.165 e. The lowest BCUT2D eigenvalue weighted by atomic mass is 9.70. The number of aromatic nitrogens is 4. The highest BCUT2D eigenvalue weighted by molar-refractivity contribution is 5.96. The van der Waals surface area contributed by atoms with Gasteiger partial charge in [0.05, 0.1) is 11.1 Å². The summed E-state index contributed by atoms with van der Waals surface area (Å²) >= 11 is 0. The van der Waals surface area contributed by atoms with Gasteiger partial charge in [0, 0.05) is 28.5 Å². The summed E-state index contributed by atoms with van der Waals surface area (Å²) in [7, 11) is 0. The Kier molecular flexibility index (Phi) is 9.25. The predicted octanol–water partition coefficient (Wildman–Crippen LogP) is 14.2. The van der Waals surface area contributed by atoms with Crippen LogP contribution in [0.1, 0.15) is 100 Å². The van der Waals surface area contributed by atoms with Crippen LogP contribution in [0.25, 0.3) is 67.7 Å².